The minimum Gasteiger partial charge on any atom is -0.352 e. The molecule has 2 aromatic rings. The van der Waals surface area contributed by atoms with Gasteiger partial charge < -0.3 is 10.2 Å². The van der Waals surface area contributed by atoms with Crippen molar-refractivity contribution in [3.8, 4) is 0 Å². The molecule has 5 heteroatoms. The standard InChI is InChI=1S/C15H18FN3S/c1-19(10-13-3-2-8-20-13)15-14(16)11(6-7-17-15)9-18-12-4-5-12/h2-3,6-8,12,18H,4-5,9-10H2,1H3. The molecule has 1 aliphatic rings. The highest BCUT2D eigenvalue weighted by atomic mass is 32.1. The Morgan fingerprint density at radius 3 is 3.00 bits per heavy atom. The lowest BCUT2D eigenvalue weighted by Gasteiger charge is -2.19. The molecule has 0 unspecified atom stereocenters. The third-order valence-corrected chi connectivity index (χ3v) is 4.31. The number of halogens is 1. The Labute approximate surface area is 122 Å². The Bertz CT molecular complexity index is 567. The Morgan fingerprint density at radius 2 is 2.30 bits per heavy atom. The van der Waals surface area contributed by atoms with Gasteiger partial charge in [-0.1, -0.05) is 6.07 Å². The lowest BCUT2D eigenvalue weighted by Crippen LogP contribution is -2.21. The summed E-state index contributed by atoms with van der Waals surface area (Å²) >= 11 is 1.67. The first kappa shape index (κ1) is 13.5. The van der Waals surface area contributed by atoms with Gasteiger partial charge in [0, 0.05) is 36.3 Å². The van der Waals surface area contributed by atoms with Crippen molar-refractivity contribution in [1.29, 1.82) is 0 Å². The molecule has 0 spiro atoms. The largest absolute Gasteiger partial charge is 0.352 e. The van der Waals surface area contributed by atoms with Crippen molar-refractivity contribution in [1.82, 2.24) is 10.3 Å². The monoisotopic (exact) mass is 291 g/mol. The summed E-state index contributed by atoms with van der Waals surface area (Å²) in [6.07, 6.45) is 4.10. The number of hydrogen-bond acceptors (Lipinski definition) is 4. The molecule has 1 fully saturated rings. The van der Waals surface area contributed by atoms with E-state index in [4.69, 9.17) is 0 Å². The van der Waals surface area contributed by atoms with E-state index in [1.165, 1.54) is 17.7 Å². The Morgan fingerprint density at radius 1 is 1.45 bits per heavy atom. The van der Waals surface area contributed by atoms with Gasteiger partial charge in [-0.2, -0.15) is 0 Å². The van der Waals surface area contributed by atoms with Crippen molar-refractivity contribution in [3.63, 3.8) is 0 Å². The maximum Gasteiger partial charge on any atom is 0.170 e. The second-order valence-corrected chi connectivity index (χ2v) is 6.23. The summed E-state index contributed by atoms with van der Waals surface area (Å²) in [4.78, 5) is 7.26. The predicted octanol–water partition coefficient (Wildman–Crippen LogP) is 3.17. The molecule has 20 heavy (non-hydrogen) atoms. The molecule has 1 N–H and O–H groups in total. The number of rotatable bonds is 6. The molecule has 1 aliphatic carbocycles. The van der Waals surface area contributed by atoms with Crippen LogP contribution in [-0.4, -0.2) is 18.1 Å². The molecule has 0 amide bonds. The topological polar surface area (TPSA) is 28.2 Å². The van der Waals surface area contributed by atoms with Gasteiger partial charge in [-0.25, -0.2) is 9.37 Å². The molecule has 0 aliphatic heterocycles. The zero-order valence-corrected chi connectivity index (χ0v) is 12.3. The highest BCUT2D eigenvalue weighted by molar-refractivity contribution is 7.09. The second kappa shape index (κ2) is 5.89. The molecule has 0 bridgehead atoms. The number of aromatic nitrogens is 1. The van der Waals surface area contributed by atoms with Crippen LogP contribution in [-0.2, 0) is 13.1 Å². The third-order valence-electron chi connectivity index (χ3n) is 3.44. The Hall–Kier alpha value is -1.46. The van der Waals surface area contributed by atoms with Crippen LogP contribution < -0.4 is 10.2 Å². The van der Waals surface area contributed by atoms with E-state index in [0.29, 0.717) is 30.5 Å². The average Bonchev–Trinajstić information content (AvgIpc) is 3.14. The van der Waals surface area contributed by atoms with Gasteiger partial charge in [-0.05, 0) is 30.4 Å². The summed E-state index contributed by atoms with van der Waals surface area (Å²) in [5.41, 5.74) is 0.694. The molecular formula is C15H18FN3S. The lowest BCUT2D eigenvalue weighted by atomic mass is 10.2. The molecule has 0 aromatic carbocycles. The van der Waals surface area contributed by atoms with E-state index in [-0.39, 0.29) is 5.82 Å². The predicted molar refractivity (Wildman–Crippen MR) is 80.5 cm³/mol. The summed E-state index contributed by atoms with van der Waals surface area (Å²) in [7, 11) is 1.88. The quantitative estimate of drug-likeness (QED) is 0.886. The van der Waals surface area contributed by atoms with Gasteiger partial charge in [-0.15, -0.1) is 11.3 Å². The van der Waals surface area contributed by atoms with Crippen LogP contribution in [0.3, 0.4) is 0 Å². The zero-order chi connectivity index (χ0) is 13.9. The smallest absolute Gasteiger partial charge is 0.170 e. The number of nitrogens with zero attached hydrogens (tertiary/aromatic N) is 2. The minimum atomic E-state index is -0.209. The van der Waals surface area contributed by atoms with Crippen LogP contribution in [0, 0.1) is 5.82 Å². The van der Waals surface area contributed by atoms with Crippen LogP contribution >= 0.6 is 11.3 Å². The number of nitrogens with one attached hydrogen (secondary N) is 1. The van der Waals surface area contributed by atoms with Crippen molar-refractivity contribution in [3.05, 3.63) is 46.0 Å². The van der Waals surface area contributed by atoms with Crippen LogP contribution in [0.15, 0.2) is 29.8 Å². The van der Waals surface area contributed by atoms with E-state index >= 15 is 0 Å². The first-order valence-corrected chi connectivity index (χ1v) is 7.72. The summed E-state index contributed by atoms with van der Waals surface area (Å²) in [6.45, 7) is 1.26. The number of thiophene rings is 1. The lowest BCUT2D eigenvalue weighted by molar-refractivity contribution is 0.577. The van der Waals surface area contributed by atoms with Crippen molar-refractivity contribution >= 4 is 17.2 Å². The normalized spacial score (nSPS) is 14.5. The first-order chi connectivity index (χ1) is 9.74. The van der Waals surface area contributed by atoms with E-state index < -0.39 is 0 Å². The van der Waals surface area contributed by atoms with Crippen LogP contribution in [0.4, 0.5) is 10.2 Å². The highest BCUT2D eigenvalue weighted by Gasteiger charge is 2.21. The number of hydrogen-bond donors (Lipinski definition) is 1. The van der Waals surface area contributed by atoms with Gasteiger partial charge in [0.25, 0.3) is 0 Å². The summed E-state index contributed by atoms with van der Waals surface area (Å²) < 4.78 is 14.5. The van der Waals surface area contributed by atoms with Crippen molar-refractivity contribution < 1.29 is 4.39 Å². The Balaban J connectivity index is 1.72. The van der Waals surface area contributed by atoms with Gasteiger partial charge in [0.15, 0.2) is 11.6 Å². The molecular weight excluding hydrogens is 273 g/mol. The van der Waals surface area contributed by atoms with E-state index in [0.717, 1.165) is 0 Å². The zero-order valence-electron chi connectivity index (χ0n) is 11.5. The minimum absolute atomic E-state index is 0.209. The van der Waals surface area contributed by atoms with Crippen LogP contribution in [0.1, 0.15) is 23.3 Å². The molecule has 0 atom stereocenters. The van der Waals surface area contributed by atoms with E-state index in [9.17, 15) is 4.39 Å². The van der Waals surface area contributed by atoms with E-state index in [2.05, 4.69) is 16.4 Å². The van der Waals surface area contributed by atoms with Crippen molar-refractivity contribution in [2.75, 3.05) is 11.9 Å². The summed E-state index contributed by atoms with van der Waals surface area (Å²) in [6, 6.07) is 6.40. The van der Waals surface area contributed by atoms with E-state index in [1.807, 2.05) is 23.4 Å². The SMILES string of the molecule is CN(Cc1cccs1)c1nccc(CNC2CC2)c1F. The average molecular weight is 291 g/mol. The number of anilines is 1. The Kier molecular flexibility index (Phi) is 3.98. The second-order valence-electron chi connectivity index (χ2n) is 5.20. The molecule has 2 aromatic heterocycles. The van der Waals surface area contributed by atoms with Gasteiger partial charge in [0.2, 0.25) is 0 Å². The summed E-state index contributed by atoms with van der Waals surface area (Å²) in [5.74, 6) is 0.216. The van der Waals surface area contributed by atoms with Crippen LogP contribution in [0.5, 0.6) is 0 Å². The molecule has 106 valence electrons. The van der Waals surface area contributed by atoms with Gasteiger partial charge in [-0.3, -0.25) is 0 Å². The van der Waals surface area contributed by atoms with Crippen molar-refractivity contribution in [2.24, 2.45) is 0 Å². The molecule has 2 heterocycles. The molecule has 0 saturated heterocycles. The number of pyridine rings is 1. The maximum atomic E-state index is 14.5. The molecule has 3 nitrogen and oxygen atoms in total. The first-order valence-electron chi connectivity index (χ1n) is 6.84. The van der Waals surface area contributed by atoms with Gasteiger partial charge >= 0.3 is 0 Å². The van der Waals surface area contributed by atoms with Crippen LogP contribution in [0.25, 0.3) is 0 Å². The fraction of sp³-hybridized carbons (Fsp3) is 0.400. The molecule has 0 radical (unpaired) electrons. The summed E-state index contributed by atoms with van der Waals surface area (Å²) in [5, 5.41) is 5.37. The van der Waals surface area contributed by atoms with Gasteiger partial charge in [0.05, 0.1) is 6.54 Å². The molecule has 1 saturated carbocycles. The maximum absolute atomic E-state index is 14.5. The van der Waals surface area contributed by atoms with Crippen molar-refractivity contribution in [2.45, 2.75) is 32.0 Å². The molecule has 3 rings (SSSR count). The van der Waals surface area contributed by atoms with E-state index in [1.54, 1.807) is 23.6 Å². The third kappa shape index (κ3) is 3.16. The fourth-order valence-corrected chi connectivity index (χ4v) is 2.88. The highest BCUT2D eigenvalue weighted by Crippen LogP contribution is 2.23. The van der Waals surface area contributed by atoms with Gasteiger partial charge in [0.1, 0.15) is 0 Å². The fourth-order valence-electron chi connectivity index (χ4n) is 2.13. The van der Waals surface area contributed by atoms with Crippen LogP contribution in [0.2, 0.25) is 0 Å².